The van der Waals surface area contributed by atoms with Gasteiger partial charge in [0.2, 0.25) is 15.9 Å². The van der Waals surface area contributed by atoms with E-state index in [2.05, 4.69) is 20.2 Å². The highest BCUT2D eigenvalue weighted by Gasteiger charge is 2.43. The number of nitrogens with one attached hydrogen (secondary N) is 2. The van der Waals surface area contributed by atoms with E-state index in [4.69, 9.17) is 16.6 Å². The van der Waals surface area contributed by atoms with Gasteiger partial charge in [-0.05, 0) is 85.0 Å². The highest BCUT2D eigenvalue weighted by atomic mass is 35.5. The Labute approximate surface area is 337 Å². The molecule has 3 aromatic carbocycles. The van der Waals surface area contributed by atoms with E-state index >= 15 is 8.78 Å². The van der Waals surface area contributed by atoms with Crippen molar-refractivity contribution in [3.63, 3.8) is 0 Å². The smallest absolute Gasteiger partial charge is 0.286 e. The van der Waals surface area contributed by atoms with Crippen LogP contribution in [0.2, 0.25) is 5.02 Å². The third-order valence-electron chi connectivity index (χ3n) is 10.3. The van der Waals surface area contributed by atoms with Crippen LogP contribution in [0, 0.1) is 11.6 Å². The second-order valence-corrected chi connectivity index (χ2v) is 17.3. The van der Waals surface area contributed by atoms with Gasteiger partial charge in [0.25, 0.3) is 17.9 Å². The largest absolute Gasteiger partial charge is 0.344 e. The summed E-state index contributed by atoms with van der Waals surface area (Å²) < 4.78 is 118. The number of hydrogen-bond donors (Lipinski definition) is 2. The number of halogens is 7. The first-order chi connectivity index (χ1) is 27.8. The molecule has 0 bridgehead atoms. The van der Waals surface area contributed by atoms with Crippen molar-refractivity contribution in [3.05, 3.63) is 109 Å². The van der Waals surface area contributed by atoms with Gasteiger partial charge in [-0.15, -0.1) is 0 Å². The Morgan fingerprint density at radius 2 is 1.68 bits per heavy atom. The lowest BCUT2D eigenvalue weighted by atomic mass is 10.0. The Balaban J connectivity index is 1.34. The first-order valence-corrected chi connectivity index (χ1v) is 20.8. The molecule has 2 aliphatic rings. The van der Waals surface area contributed by atoms with Crippen molar-refractivity contribution in [1.82, 2.24) is 34.4 Å². The molecule has 20 heteroatoms. The van der Waals surface area contributed by atoms with Crippen molar-refractivity contribution in [2.75, 3.05) is 11.0 Å². The van der Waals surface area contributed by atoms with E-state index in [9.17, 15) is 35.6 Å². The van der Waals surface area contributed by atoms with Gasteiger partial charge < -0.3 is 5.32 Å². The van der Waals surface area contributed by atoms with Gasteiger partial charge in [0.05, 0.1) is 44.8 Å². The maximum absolute atomic E-state index is 15.2. The van der Waals surface area contributed by atoms with Gasteiger partial charge >= 0.3 is 0 Å². The molecule has 2 N–H and O–H groups in total. The van der Waals surface area contributed by atoms with Gasteiger partial charge in [-0.25, -0.2) is 31.0 Å². The van der Waals surface area contributed by atoms with Crippen molar-refractivity contribution in [2.45, 2.75) is 75.8 Å². The van der Waals surface area contributed by atoms with E-state index < -0.39 is 81.8 Å². The molecule has 3 aromatic heterocycles. The van der Waals surface area contributed by atoms with Crippen LogP contribution in [-0.4, -0.2) is 49.7 Å². The van der Waals surface area contributed by atoms with Gasteiger partial charge in [-0.3, -0.25) is 28.2 Å². The second kappa shape index (κ2) is 14.7. The topological polar surface area (TPSA) is 146 Å². The number of hydrogen-bond acceptors (Lipinski definition) is 7. The molecule has 1 unspecified atom stereocenters. The summed E-state index contributed by atoms with van der Waals surface area (Å²) in [5.74, 6) is -7.33. The fourth-order valence-electron chi connectivity index (χ4n) is 7.70. The van der Waals surface area contributed by atoms with Crippen LogP contribution in [0.25, 0.3) is 27.5 Å². The summed E-state index contributed by atoms with van der Waals surface area (Å²) in [6.45, 7) is -0.451. The molecule has 2 aliphatic carbocycles. The zero-order valence-corrected chi connectivity index (χ0v) is 33.1. The fourth-order valence-corrected chi connectivity index (χ4v) is 8.43. The maximum Gasteiger partial charge on any atom is 0.286 e. The Bertz CT molecular complexity index is 2850. The number of carbonyl (C=O) groups excluding carboxylic acids is 1. The van der Waals surface area contributed by atoms with Gasteiger partial charge in [0.15, 0.2) is 5.82 Å². The van der Waals surface area contributed by atoms with Gasteiger partial charge in [-0.1, -0.05) is 17.7 Å². The Kier molecular flexibility index (Phi) is 10.0. The van der Waals surface area contributed by atoms with Gasteiger partial charge in [-0.2, -0.15) is 19.0 Å². The van der Waals surface area contributed by atoms with Crippen LogP contribution in [0.1, 0.15) is 90.8 Å². The van der Waals surface area contributed by atoms with Crippen molar-refractivity contribution >= 4 is 55.2 Å². The van der Waals surface area contributed by atoms with Crippen LogP contribution in [0.3, 0.4) is 0 Å². The van der Waals surface area contributed by atoms with Crippen molar-refractivity contribution in [2.24, 2.45) is 7.05 Å². The highest BCUT2D eigenvalue weighted by Crippen LogP contribution is 2.49. The van der Waals surface area contributed by atoms with E-state index in [-0.39, 0.29) is 61.2 Å². The predicted octanol–water partition coefficient (Wildman–Crippen LogP) is 7.68. The molecule has 12 nitrogen and oxygen atoms in total. The Morgan fingerprint density at radius 1 is 1.00 bits per heavy atom. The monoisotopic (exact) mass is 860 g/mol. The van der Waals surface area contributed by atoms with Gasteiger partial charge in [0, 0.05) is 32.0 Å². The number of sulfonamides is 1. The van der Waals surface area contributed by atoms with E-state index in [1.807, 2.05) is 0 Å². The molecule has 0 spiro atoms. The fraction of sp³-hybridized carbons (Fsp3) is 0.359. The minimum absolute atomic E-state index is 0.00210. The summed E-state index contributed by atoms with van der Waals surface area (Å²) >= 11 is 6.61. The number of aromatic nitrogens is 6. The summed E-state index contributed by atoms with van der Waals surface area (Å²) in [5.41, 5.74) is -1.37. The molecule has 310 valence electrons. The number of fused-ring (bicyclic) bond motifs is 2. The van der Waals surface area contributed by atoms with Crippen LogP contribution >= 0.6 is 11.6 Å². The lowest BCUT2D eigenvalue weighted by Gasteiger charge is -2.24. The summed E-state index contributed by atoms with van der Waals surface area (Å²) in [6.07, 6.45) is -0.117. The van der Waals surface area contributed by atoms with E-state index in [1.165, 1.54) is 23.9 Å². The van der Waals surface area contributed by atoms with Crippen LogP contribution in [0.15, 0.2) is 53.3 Å². The molecule has 8 rings (SSSR count). The lowest BCUT2D eigenvalue weighted by molar-refractivity contribution is -0.122. The SMILES string of the molecule is Cn1nc(NS(C)(=O)=O)c2c(Cl)ccc(-n3c(C(Cc4cc(F)cc(F)c4)NC(=O)Cn4nc(C(F)F)c(C5CC5)c4C(C)(F)F)nc4cc(C5CC5)ccc4c3=O)c21. The second-order valence-electron chi connectivity index (χ2n) is 15.2. The molecule has 0 aliphatic heterocycles. The average Bonchev–Trinajstić information content (AvgIpc) is 4.07. The van der Waals surface area contributed by atoms with Crippen LogP contribution in [0.4, 0.5) is 32.2 Å². The highest BCUT2D eigenvalue weighted by molar-refractivity contribution is 7.92. The van der Waals surface area contributed by atoms with E-state index in [1.54, 1.807) is 18.2 Å². The van der Waals surface area contributed by atoms with Crippen molar-refractivity contribution in [1.29, 1.82) is 0 Å². The summed E-state index contributed by atoms with van der Waals surface area (Å²) in [4.78, 5) is 33.8. The van der Waals surface area contributed by atoms with Crippen molar-refractivity contribution < 1.29 is 39.6 Å². The van der Waals surface area contributed by atoms with E-state index in [0.717, 1.165) is 41.4 Å². The third-order valence-corrected chi connectivity index (χ3v) is 11.2. The molecule has 59 heavy (non-hydrogen) atoms. The molecule has 1 amide bonds. The number of nitrogens with zero attached hydrogens (tertiary/aromatic N) is 6. The van der Waals surface area contributed by atoms with Crippen LogP contribution < -0.4 is 15.6 Å². The molecule has 2 fully saturated rings. The summed E-state index contributed by atoms with van der Waals surface area (Å²) in [7, 11) is -2.41. The first kappa shape index (κ1) is 40.4. The standard InChI is InChI=1S/C39H35ClF6N8O4S/c1-39(45,46)34-30(20-6-7-20)32(35(43)44)49-53(34)17-29(55)47-27(14-18-12-22(41)16-23(42)13-18)37-48-26-15-21(19-4-5-19)8-9-24(26)38(56)54(37)28-11-10-25(40)31-33(28)52(2)50-36(31)51-59(3,57)58/h8-13,15-16,19-20,27,35H,4-7,14,17H2,1-3H3,(H,47,55)(H,50,51). The zero-order chi connectivity index (χ0) is 42.3. The molecule has 0 saturated heterocycles. The first-order valence-electron chi connectivity index (χ1n) is 18.5. The number of alkyl halides is 4. The van der Waals surface area contributed by atoms with Crippen LogP contribution in [-0.2, 0) is 40.8 Å². The number of rotatable bonds is 13. The summed E-state index contributed by atoms with van der Waals surface area (Å²) in [5, 5.41) is 11.0. The minimum Gasteiger partial charge on any atom is -0.344 e. The summed E-state index contributed by atoms with van der Waals surface area (Å²) in [6, 6.07) is 9.14. The molecule has 0 radical (unpaired) electrons. The molecular weight excluding hydrogens is 826 g/mol. The molecule has 3 heterocycles. The van der Waals surface area contributed by atoms with Crippen molar-refractivity contribution in [3.8, 4) is 5.69 Å². The molecule has 2 saturated carbocycles. The maximum atomic E-state index is 15.2. The Hall–Kier alpha value is -5.43. The minimum atomic E-state index is -3.88. The quantitative estimate of drug-likeness (QED) is 0.113. The number of carbonyl (C=O) groups is 1. The Morgan fingerprint density at radius 3 is 2.29 bits per heavy atom. The van der Waals surface area contributed by atoms with Crippen LogP contribution in [0.5, 0.6) is 0 Å². The normalized spacial score (nSPS) is 15.4. The predicted molar refractivity (Wildman–Crippen MR) is 207 cm³/mol. The number of benzene rings is 3. The molecular formula is C39H35ClF6N8O4S. The molecule has 6 aromatic rings. The zero-order valence-electron chi connectivity index (χ0n) is 31.5. The third kappa shape index (κ3) is 8.01. The average molecular weight is 861 g/mol. The number of aryl methyl sites for hydroxylation is 1. The molecule has 1 atom stereocenters. The van der Waals surface area contributed by atoms with E-state index in [0.29, 0.717) is 30.5 Å². The number of anilines is 1. The number of amides is 1. The lowest BCUT2D eigenvalue weighted by Crippen LogP contribution is -2.38. The van der Waals surface area contributed by atoms with Gasteiger partial charge in [0.1, 0.15) is 35.4 Å².